The van der Waals surface area contributed by atoms with E-state index in [1.807, 2.05) is 91.0 Å². The minimum absolute atomic E-state index is 0. The molecule has 56 heavy (non-hydrogen) atoms. The molecule has 0 radical (unpaired) electrons. The van der Waals surface area contributed by atoms with E-state index in [1.165, 1.54) is 39.8 Å². The Hall–Kier alpha value is -6.18. The van der Waals surface area contributed by atoms with Gasteiger partial charge in [-0.3, -0.25) is 9.59 Å². The summed E-state index contributed by atoms with van der Waals surface area (Å²) in [4.78, 5) is 59.2. The predicted octanol–water partition coefficient (Wildman–Crippen LogP) is 8.85. The Labute approximate surface area is 343 Å². The summed E-state index contributed by atoms with van der Waals surface area (Å²) >= 11 is 6.42. The van der Waals surface area contributed by atoms with Crippen molar-refractivity contribution < 1.29 is 45.6 Å². The molecule has 0 spiro atoms. The summed E-state index contributed by atoms with van der Waals surface area (Å²) in [5.41, 5.74) is 5.45. The summed E-state index contributed by atoms with van der Waals surface area (Å²) in [5.74, 6) is 1.92. The Morgan fingerprint density at radius 3 is 1.14 bits per heavy atom. The van der Waals surface area contributed by atoms with Crippen LogP contribution in [0.3, 0.4) is 0 Å². The fourth-order valence-corrected chi connectivity index (χ4v) is 6.24. The van der Waals surface area contributed by atoms with Crippen molar-refractivity contribution in [2.24, 2.45) is 0 Å². The Kier molecular flexibility index (Phi) is 11.8. The molecule has 2 aliphatic heterocycles. The van der Waals surface area contributed by atoms with Crippen molar-refractivity contribution in [2.45, 2.75) is 27.7 Å². The molecular formula is C42H31ClHfN8O4-2. The molecule has 0 saturated heterocycles. The van der Waals surface area contributed by atoms with Crippen LogP contribution in [0, 0.1) is 0 Å². The van der Waals surface area contributed by atoms with E-state index in [0.717, 1.165) is 43.8 Å². The van der Waals surface area contributed by atoms with Crippen LogP contribution in [0.15, 0.2) is 115 Å². The van der Waals surface area contributed by atoms with Crippen LogP contribution in [0.5, 0.6) is 0 Å². The van der Waals surface area contributed by atoms with Crippen LogP contribution < -0.4 is 9.97 Å². The van der Waals surface area contributed by atoms with Crippen LogP contribution in [0.2, 0.25) is 5.02 Å². The number of allylic oxidation sites excluding steroid dienone is 4. The molecule has 2 N–H and O–H groups in total. The van der Waals surface area contributed by atoms with Crippen LogP contribution in [0.1, 0.15) is 27.7 Å². The number of rotatable bonds is 2. The molecule has 7 aromatic rings. The largest absolute Gasteiger partial charge is 0.512 e. The fourth-order valence-electron chi connectivity index (χ4n) is 6.07. The molecule has 0 aliphatic carbocycles. The van der Waals surface area contributed by atoms with Gasteiger partial charge in [0.1, 0.15) is 0 Å². The maximum Gasteiger partial charge on any atom is 0.155 e. The van der Waals surface area contributed by atoms with E-state index >= 15 is 0 Å². The van der Waals surface area contributed by atoms with Gasteiger partial charge in [0.25, 0.3) is 0 Å². The number of halogens is 1. The number of aliphatic hydroxyl groups excluding tert-OH is 2. The molecule has 14 heteroatoms. The molecule has 12 nitrogen and oxygen atoms in total. The minimum atomic E-state index is -0.125. The number of hydrogen-bond acceptors (Lipinski definition) is 10. The number of carbonyl (C=O) groups is 2. The number of hydrogen-bond donors (Lipinski definition) is 2. The summed E-state index contributed by atoms with van der Waals surface area (Å²) in [6, 6.07) is 29.3. The van der Waals surface area contributed by atoms with Crippen LogP contribution in [-0.4, -0.2) is 51.7 Å². The van der Waals surface area contributed by atoms with E-state index < -0.39 is 0 Å². The van der Waals surface area contributed by atoms with Crippen molar-refractivity contribution in [3.8, 4) is 45.6 Å². The van der Waals surface area contributed by atoms with Crippen molar-refractivity contribution in [1.82, 2.24) is 39.9 Å². The van der Waals surface area contributed by atoms with Crippen molar-refractivity contribution in [3.05, 3.63) is 120 Å². The van der Waals surface area contributed by atoms with Gasteiger partial charge in [-0.25, -0.2) is 9.97 Å². The Morgan fingerprint density at radius 2 is 0.821 bits per heavy atom. The number of benzene rings is 4. The predicted molar refractivity (Wildman–Crippen MR) is 213 cm³/mol. The molecule has 8 bridgehead atoms. The molecule has 3 aromatic heterocycles. The van der Waals surface area contributed by atoms with Gasteiger partial charge >= 0.3 is 0 Å². The van der Waals surface area contributed by atoms with E-state index in [2.05, 4.69) is 0 Å². The van der Waals surface area contributed by atoms with Crippen LogP contribution in [-0.2, 0) is 35.4 Å². The van der Waals surface area contributed by atoms with Gasteiger partial charge in [-0.05, 0) is 61.4 Å². The smallest absolute Gasteiger partial charge is 0.155 e. The third-order valence-electron chi connectivity index (χ3n) is 8.21. The van der Waals surface area contributed by atoms with E-state index in [1.54, 1.807) is 0 Å². The zero-order valence-electron chi connectivity index (χ0n) is 30.5. The van der Waals surface area contributed by atoms with Gasteiger partial charge in [-0.15, -0.1) is 0 Å². The zero-order chi connectivity index (χ0) is 38.8. The van der Waals surface area contributed by atoms with E-state index in [9.17, 15) is 9.59 Å². The molecule has 0 fully saturated rings. The zero-order valence-corrected chi connectivity index (χ0v) is 34.8. The Balaban J connectivity index is 0.000000306. The normalized spacial score (nSPS) is 11.7. The van der Waals surface area contributed by atoms with Gasteiger partial charge in [-0.2, -0.15) is 0 Å². The SMILES string of the molecule is CC(=O)C=C(C)O.CC(=O)C=C(C)O.Clc1ccc2c(c1)-c1nc-2nc2[n-]c(nc3nc(nc4[n-]c(n1)c1ccccc41)-c1ccccc1-3)c1ccccc21.[Hf]. The number of aromatic nitrogens is 8. The Morgan fingerprint density at radius 1 is 0.500 bits per heavy atom. The molecule has 4 aromatic carbocycles. The van der Waals surface area contributed by atoms with Gasteiger partial charge in [0.15, 0.2) is 11.6 Å². The van der Waals surface area contributed by atoms with Gasteiger partial charge in [0, 0.05) is 87.9 Å². The molecule has 0 unspecified atom stereocenters. The first kappa shape index (κ1) is 39.5. The minimum Gasteiger partial charge on any atom is -0.512 e. The van der Waals surface area contributed by atoms with Crippen LogP contribution in [0.4, 0.5) is 0 Å². The van der Waals surface area contributed by atoms with Crippen LogP contribution in [0.25, 0.3) is 89.7 Å². The first-order chi connectivity index (χ1) is 26.4. The topological polar surface area (TPSA) is 180 Å². The first-order valence-corrected chi connectivity index (χ1v) is 17.4. The Bertz CT molecular complexity index is 2880. The van der Waals surface area contributed by atoms with Crippen molar-refractivity contribution in [2.75, 3.05) is 0 Å². The van der Waals surface area contributed by atoms with Gasteiger partial charge in [0.05, 0.1) is 34.8 Å². The standard InChI is InChI=1S/C32H15ClN8.2C5H8O2.Hf/c33-16-13-14-23-24(15-16)32-40-30-22-12-6-5-11-21(22)28(38-30)36-26-18-8-2-1-7-17(18)25(34-26)35-27-19-9-3-4-10-20(19)29(37-27)39-31(23)41-32;2*1-4(6)3-5(2)7;/h1-15H;2*3,6H,1-2H3;/q-2;;;. The average Bonchev–Trinajstić information content (AvgIpc) is 3.86. The maximum atomic E-state index is 10.0. The molecular weight excluding hydrogens is 894 g/mol. The molecule has 2 aliphatic rings. The molecule has 5 heterocycles. The third-order valence-corrected chi connectivity index (χ3v) is 8.44. The summed E-state index contributed by atoms with van der Waals surface area (Å²) in [5, 5.41) is 20.8. The number of fused-ring (bicyclic) bond motifs is 20. The number of nitrogens with zero attached hydrogens (tertiary/aromatic N) is 8. The van der Waals surface area contributed by atoms with Crippen molar-refractivity contribution in [3.63, 3.8) is 0 Å². The fraction of sp³-hybridized carbons (Fsp3) is 0.0952. The second kappa shape index (κ2) is 16.7. The quantitative estimate of drug-likeness (QED) is 0.0957. The summed E-state index contributed by atoms with van der Waals surface area (Å²) < 4.78 is 0. The molecule has 276 valence electrons. The van der Waals surface area contributed by atoms with Gasteiger partial charge in [0.2, 0.25) is 0 Å². The maximum absolute atomic E-state index is 10.0. The van der Waals surface area contributed by atoms with Crippen LogP contribution >= 0.6 is 11.6 Å². The second-order valence-corrected chi connectivity index (χ2v) is 13.0. The average molecular weight is 926 g/mol. The third kappa shape index (κ3) is 8.38. The molecule has 9 rings (SSSR count). The van der Waals surface area contributed by atoms with E-state index in [4.69, 9.17) is 61.7 Å². The number of ketones is 2. The summed E-state index contributed by atoms with van der Waals surface area (Å²) in [6.07, 6.45) is 2.33. The first-order valence-electron chi connectivity index (χ1n) is 17.0. The van der Waals surface area contributed by atoms with E-state index in [-0.39, 0.29) is 48.9 Å². The number of carbonyl (C=O) groups excluding carboxylic acids is 2. The summed E-state index contributed by atoms with van der Waals surface area (Å²) in [7, 11) is 0. The summed E-state index contributed by atoms with van der Waals surface area (Å²) in [6.45, 7) is 5.70. The van der Waals surface area contributed by atoms with Crippen molar-refractivity contribution in [1.29, 1.82) is 0 Å². The molecule has 0 atom stereocenters. The van der Waals surface area contributed by atoms with Gasteiger partial charge < -0.3 is 40.1 Å². The van der Waals surface area contributed by atoms with E-state index in [0.29, 0.717) is 50.9 Å². The van der Waals surface area contributed by atoms with Gasteiger partial charge in [-0.1, -0.05) is 90.5 Å². The monoisotopic (exact) mass is 926 g/mol. The number of aliphatic hydroxyl groups is 2. The molecule has 0 saturated carbocycles. The molecule has 0 amide bonds. The second-order valence-electron chi connectivity index (χ2n) is 12.6. The van der Waals surface area contributed by atoms with Crippen molar-refractivity contribution >= 4 is 67.3 Å².